The molecule has 0 amide bonds. The van der Waals surface area contributed by atoms with Crippen LogP contribution in [-0.4, -0.2) is 17.6 Å². The van der Waals surface area contributed by atoms with Gasteiger partial charge in [0.2, 0.25) is 0 Å². The van der Waals surface area contributed by atoms with E-state index < -0.39 is 5.97 Å². The summed E-state index contributed by atoms with van der Waals surface area (Å²) >= 11 is 3.58. The van der Waals surface area contributed by atoms with Gasteiger partial charge in [-0.15, -0.1) is 0 Å². The first-order valence-electron chi connectivity index (χ1n) is 10.4. The van der Waals surface area contributed by atoms with Gasteiger partial charge in [0.05, 0.1) is 11.6 Å². The van der Waals surface area contributed by atoms with Crippen LogP contribution in [0, 0.1) is 11.8 Å². The number of carboxylic acids is 1. The van der Waals surface area contributed by atoms with Crippen LogP contribution in [0.3, 0.4) is 0 Å². The summed E-state index contributed by atoms with van der Waals surface area (Å²) in [4.78, 5) is 14.5. The van der Waals surface area contributed by atoms with Crippen LogP contribution in [0.15, 0.2) is 65.2 Å². The largest absolute Gasteiger partial charge is 0.478 e. The van der Waals surface area contributed by atoms with E-state index in [1.807, 2.05) is 12.1 Å². The van der Waals surface area contributed by atoms with Crippen LogP contribution in [0.5, 0.6) is 0 Å². The van der Waals surface area contributed by atoms with Crippen molar-refractivity contribution in [3.63, 3.8) is 0 Å². The molecule has 2 aromatic rings. The van der Waals surface area contributed by atoms with E-state index in [1.54, 1.807) is 0 Å². The number of nitrogens with zero attached hydrogens (tertiary/aromatic N) is 1. The third kappa shape index (κ3) is 2.51. The minimum absolute atomic E-state index is 0.287. The standard InChI is InChI=1S/C25H22BrNO2/c26-17-9-7-14(8-10-17)23-20-6-2-5-19(20)22-12-16(25(28)29)11-21-18-4-1-3-15(18)13-27(23)24(21)22/h1-2,4-5,7-12,15,18-20,23H,3,6,13H2,(H,28,29)/t15-,18+,19+,20-,23-/m1/s1. The van der Waals surface area contributed by atoms with Gasteiger partial charge in [0.1, 0.15) is 0 Å². The van der Waals surface area contributed by atoms with Crippen molar-refractivity contribution in [2.45, 2.75) is 30.7 Å². The van der Waals surface area contributed by atoms with Gasteiger partial charge in [-0.2, -0.15) is 0 Å². The van der Waals surface area contributed by atoms with Crippen LogP contribution in [-0.2, 0) is 0 Å². The molecular weight excluding hydrogens is 426 g/mol. The second kappa shape index (κ2) is 6.33. The molecule has 0 unspecified atom stereocenters. The summed E-state index contributed by atoms with van der Waals surface area (Å²) in [5, 5.41) is 9.77. The number of benzene rings is 2. The van der Waals surface area contributed by atoms with E-state index in [0.29, 0.717) is 29.4 Å². The Morgan fingerprint density at radius 1 is 1.00 bits per heavy atom. The van der Waals surface area contributed by atoms with Crippen LogP contribution in [0.4, 0.5) is 5.69 Å². The highest BCUT2D eigenvalue weighted by molar-refractivity contribution is 9.10. The third-order valence-corrected chi connectivity index (χ3v) is 7.84. The van der Waals surface area contributed by atoms with Gasteiger partial charge in [-0.3, -0.25) is 0 Å². The number of halogens is 1. The summed E-state index contributed by atoms with van der Waals surface area (Å²) < 4.78 is 1.10. The van der Waals surface area contributed by atoms with E-state index in [0.717, 1.165) is 23.9 Å². The zero-order valence-corrected chi connectivity index (χ0v) is 17.5. The number of carbonyl (C=O) groups is 1. The van der Waals surface area contributed by atoms with Crippen LogP contribution >= 0.6 is 15.9 Å². The minimum atomic E-state index is -0.826. The summed E-state index contributed by atoms with van der Waals surface area (Å²) in [5.41, 5.74) is 5.51. The molecule has 29 heavy (non-hydrogen) atoms. The molecule has 0 saturated carbocycles. The van der Waals surface area contributed by atoms with Crippen molar-refractivity contribution in [3.8, 4) is 0 Å². The van der Waals surface area contributed by atoms with Crippen LogP contribution < -0.4 is 4.90 Å². The molecule has 2 aliphatic carbocycles. The molecule has 146 valence electrons. The number of allylic oxidation sites excluding steroid dienone is 4. The molecule has 1 N–H and O–H groups in total. The molecule has 0 aromatic heterocycles. The molecule has 4 heteroatoms. The first kappa shape index (κ1) is 17.5. The lowest BCUT2D eigenvalue weighted by Gasteiger charge is -2.51. The van der Waals surface area contributed by atoms with E-state index in [1.165, 1.54) is 22.4 Å². The molecule has 2 heterocycles. The Kier molecular flexibility index (Phi) is 3.83. The van der Waals surface area contributed by atoms with Gasteiger partial charge in [0.25, 0.3) is 0 Å². The zero-order chi connectivity index (χ0) is 19.7. The molecule has 0 saturated heterocycles. The van der Waals surface area contributed by atoms with E-state index in [9.17, 15) is 9.90 Å². The first-order valence-corrected chi connectivity index (χ1v) is 11.2. The average molecular weight is 448 g/mol. The Hall–Kier alpha value is -2.33. The number of hydrogen-bond donors (Lipinski definition) is 1. The molecule has 0 spiro atoms. The highest BCUT2D eigenvalue weighted by Crippen LogP contribution is 2.58. The quantitative estimate of drug-likeness (QED) is 0.570. The monoisotopic (exact) mass is 447 g/mol. The predicted molar refractivity (Wildman–Crippen MR) is 118 cm³/mol. The van der Waals surface area contributed by atoms with Crippen molar-refractivity contribution in [1.82, 2.24) is 0 Å². The lowest BCUT2D eigenvalue weighted by molar-refractivity contribution is 0.0696. The molecule has 6 rings (SSSR count). The molecular formula is C25H22BrNO2. The van der Waals surface area contributed by atoms with Crippen LogP contribution in [0.25, 0.3) is 0 Å². The summed E-state index contributed by atoms with van der Waals surface area (Å²) in [6.45, 7) is 1.04. The number of hydrogen-bond acceptors (Lipinski definition) is 2. The molecule has 0 radical (unpaired) electrons. The fraction of sp³-hybridized carbons (Fsp3) is 0.320. The smallest absolute Gasteiger partial charge is 0.335 e. The second-order valence-electron chi connectivity index (χ2n) is 8.76. The van der Waals surface area contributed by atoms with Crippen LogP contribution in [0.1, 0.15) is 57.8 Å². The second-order valence-corrected chi connectivity index (χ2v) is 9.68. The van der Waals surface area contributed by atoms with Crippen molar-refractivity contribution < 1.29 is 9.90 Å². The Morgan fingerprint density at radius 2 is 1.69 bits per heavy atom. The van der Waals surface area contributed by atoms with Gasteiger partial charge in [0.15, 0.2) is 0 Å². The SMILES string of the molecule is O=C(O)c1cc2c3c(c1)[C@H]1C=CC[C@H]1[C@@H](c1ccc(Br)cc1)N3C[C@H]1CC=C[C@H]21. The van der Waals surface area contributed by atoms with E-state index in [4.69, 9.17) is 0 Å². The Labute approximate surface area is 178 Å². The summed E-state index contributed by atoms with van der Waals surface area (Å²) in [5.74, 6) is 0.782. The number of anilines is 1. The Morgan fingerprint density at radius 3 is 2.45 bits per heavy atom. The topological polar surface area (TPSA) is 40.5 Å². The highest BCUT2D eigenvalue weighted by atomic mass is 79.9. The Balaban J connectivity index is 1.59. The number of fused-ring (bicyclic) bond motifs is 4. The lowest BCUT2D eigenvalue weighted by atomic mass is 9.70. The maximum absolute atomic E-state index is 11.9. The van der Waals surface area contributed by atoms with E-state index in [2.05, 4.69) is 69.4 Å². The van der Waals surface area contributed by atoms with Crippen molar-refractivity contribution in [2.75, 3.05) is 11.4 Å². The third-order valence-electron chi connectivity index (χ3n) is 7.31. The molecule has 2 aliphatic heterocycles. The number of carboxylic acid groups (broad SMARTS) is 1. The molecule has 0 bridgehead atoms. The summed E-state index contributed by atoms with van der Waals surface area (Å²) in [6, 6.07) is 13.0. The van der Waals surface area contributed by atoms with Crippen molar-refractivity contribution in [1.29, 1.82) is 0 Å². The molecule has 0 fully saturated rings. The van der Waals surface area contributed by atoms with E-state index in [-0.39, 0.29) is 5.92 Å². The summed E-state index contributed by atoms with van der Waals surface area (Å²) in [6.07, 6.45) is 11.3. The zero-order valence-electron chi connectivity index (χ0n) is 16.0. The van der Waals surface area contributed by atoms with Gasteiger partial charge >= 0.3 is 5.97 Å². The fourth-order valence-electron chi connectivity index (χ4n) is 6.14. The molecule has 3 nitrogen and oxygen atoms in total. The van der Waals surface area contributed by atoms with Crippen molar-refractivity contribution in [3.05, 3.63) is 87.4 Å². The van der Waals surface area contributed by atoms with Crippen molar-refractivity contribution >= 4 is 27.6 Å². The molecule has 5 atom stereocenters. The fourth-order valence-corrected chi connectivity index (χ4v) is 6.40. The number of rotatable bonds is 2. The highest BCUT2D eigenvalue weighted by Gasteiger charge is 2.48. The minimum Gasteiger partial charge on any atom is -0.478 e. The van der Waals surface area contributed by atoms with Gasteiger partial charge in [-0.05, 0) is 65.6 Å². The number of aromatic carboxylic acids is 1. The lowest BCUT2D eigenvalue weighted by Crippen LogP contribution is -2.46. The molecule has 4 aliphatic rings. The van der Waals surface area contributed by atoms with Gasteiger partial charge in [-0.25, -0.2) is 4.79 Å². The Bertz CT molecular complexity index is 1050. The maximum Gasteiger partial charge on any atom is 0.335 e. The van der Waals surface area contributed by atoms with Gasteiger partial charge in [-0.1, -0.05) is 52.4 Å². The van der Waals surface area contributed by atoms with Gasteiger partial charge in [0, 0.05) is 28.5 Å². The average Bonchev–Trinajstić information content (AvgIpc) is 3.38. The predicted octanol–water partition coefficient (Wildman–Crippen LogP) is 6.04. The van der Waals surface area contributed by atoms with Crippen molar-refractivity contribution in [2.24, 2.45) is 11.8 Å². The first-order chi connectivity index (χ1) is 14.1. The van der Waals surface area contributed by atoms with E-state index >= 15 is 0 Å². The van der Waals surface area contributed by atoms with Gasteiger partial charge < -0.3 is 10.0 Å². The summed E-state index contributed by atoms with van der Waals surface area (Å²) in [7, 11) is 0. The molecule has 2 aromatic carbocycles. The van der Waals surface area contributed by atoms with Crippen LogP contribution in [0.2, 0.25) is 0 Å². The maximum atomic E-state index is 11.9. The normalized spacial score (nSPS) is 30.8.